The summed E-state index contributed by atoms with van der Waals surface area (Å²) in [6.45, 7) is 0.422. The molecule has 0 saturated heterocycles. The second-order valence-electron chi connectivity index (χ2n) is 3.78. The zero-order valence-corrected chi connectivity index (χ0v) is 14.2. The van der Waals surface area contributed by atoms with E-state index in [-0.39, 0.29) is 6.10 Å². The quantitative estimate of drug-likeness (QED) is 0.802. The number of rotatable bonds is 5. The van der Waals surface area contributed by atoms with Crippen LogP contribution in [-0.2, 0) is 0 Å². The van der Waals surface area contributed by atoms with Gasteiger partial charge in [-0.15, -0.1) is 11.3 Å². The van der Waals surface area contributed by atoms with Crippen molar-refractivity contribution in [2.45, 2.75) is 6.10 Å². The summed E-state index contributed by atoms with van der Waals surface area (Å²) in [7, 11) is 1.63. The number of benzene rings is 1. The number of nitrogens with two attached hydrogens (primary N) is 1. The number of hydrogen-bond donors (Lipinski definition) is 1. The maximum atomic E-state index is 5.96. The molecular formula is C13H13Br2NO2S. The molecule has 2 aromatic rings. The van der Waals surface area contributed by atoms with Crippen LogP contribution in [0.2, 0.25) is 0 Å². The molecule has 2 rings (SSSR count). The van der Waals surface area contributed by atoms with Crippen molar-refractivity contribution >= 4 is 43.2 Å². The third-order valence-electron chi connectivity index (χ3n) is 2.53. The van der Waals surface area contributed by atoms with Crippen LogP contribution in [0, 0.1) is 0 Å². The Morgan fingerprint density at radius 3 is 2.58 bits per heavy atom. The van der Waals surface area contributed by atoms with Crippen LogP contribution in [0.3, 0.4) is 0 Å². The lowest BCUT2D eigenvalue weighted by Crippen LogP contribution is -2.17. The van der Waals surface area contributed by atoms with Crippen LogP contribution >= 0.6 is 43.2 Å². The molecule has 1 aromatic carbocycles. The highest BCUT2D eigenvalue weighted by Gasteiger charge is 2.15. The Bertz CT molecular complexity index is 559. The fraction of sp³-hybridized carbons (Fsp3) is 0.231. The lowest BCUT2D eigenvalue weighted by molar-refractivity contribution is 0.216. The molecule has 0 aliphatic heterocycles. The van der Waals surface area contributed by atoms with Gasteiger partial charge in [-0.25, -0.2) is 0 Å². The van der Waals surface area contributed by atoms with E-state index in [1.54, 1.807) is 18.4 Å². The van der Waals surface area contributed by atoms with Crippen molar-refractivity contribution in [3.8, 4) is 11.5 Å². The number of halogens is 2. The van der Waals surface area contributed by atoms with Crippen molar-refractivity contribution in [2.75, 3.05) is 13.7 Å². The number of thiophene rings is 1. The largest absolute Gasteiger partial charge is 0.497 e. The van der Waals surface area contributed by atoms with Crippen molar-refractivity contribution in [1.29, 1.82) is 0 Å². The Kier molecular flexibility index (Phi) is 5.27. The van der Waals surface area contributed by atoms with Gasteiger partial charge in [0.2, 0.25) is 0 Å². The van der Waals surface area contributed by atoms with Crippen LogP contribution < -0.4 is 15.2 Å². The lowest BCUT2D eigenvalue weighted by Gasteiger charge is -2.17. The van der Waals surface area contributed by atoms with Crippen molar-refractivity contribution in [1.82, 2.24) is 0 Å². The topological polar surface area (TPSA) is 44.5 Å². The minimum absolute atomic E-state index is 0.152. The average Bonchev–Trinajstić information content (AvgIpc) is 2.83. The smallest absolute Gasteiger partial charge is 0.145 e. The van der Waals surface area contributed by atoms with Gasteiger partial charge in [-0.2, -0.15) is 0 Å². The molecule has 0 saturated carbocycles. The molecule has 102 valence electrons. The van der Waals surface area contributed by atoms with Crippen molar-refractivity contribution < 1.29 is 9.47 Å². The monoisotopic (exact) mass is 405 g/mol. The molecule has 2 N–H and O–H groups in total. The standard InChI is InChI=1S/C13H13Br2NO2S/c1-17-8-2-3-10(9(14)6-8)18-11(7-16)12-4-5-13(15)19-12/h2-6,11H,7,16H2,1H3. The van der Waals surface area contributed by atoms with Crippen LogP contribution in [0.5, 0.6) is 11.5 Å². The van der Waals surface area contributed by atoms with E-state index in [9.17, 15) is 0 Å². The summed E-state index contributed by atoms with van der Waals surface area (Å²) in [5.74, 6) is 1.53. The first-order valence-corrected chi connectivity index (χ1v) is 7.99. The molecule has 0 radical (unpaired) electrons. The summed E-state index contributed by atoms with van der Waals surface area (Å²) in [4.78, 5) is 1.09. The zero-order chi connectivity index (χ0) is 13.8. The zero-order valence-electron chi connectivity index (χ0n) is 10.2. The third kappa shape index (κ3) is 3.72. The molecule has 19 heavy (non-hydrogen) atoms. The lowest BCUT2D eigenvalue weighted by atomic mass is 10.2. The molecule has 6 heteroatoms. The maximum Gasteiger partial charge on any atom is 0.145 e. The van der Waals surface area contributed by atoms with Crippen LogP contribution in [0.25, 0.3) is 0 Å². The maximum absolute atomic E-state index is 5.96. The summed E-state index contributed by atoms with van der Waals surface area (Å²) < 4.78 is 13.0. The van der Waals surface area contributed by atoms with E-state index in [0.717, 1.165) is 24.6 Å². The molecule has 0 fully saturated rings. The van der Waals surface area contributed by atoms with Gasteiger partial charge in [-0.05, 0) is 62.2 Å². The Morgan fingerprint density at radius 2 is 2.05 bits per heavy atom. The van der Waals surface area contributed by atoms with Crippen LogP contribution in [-0.4, -0.2) is 13.7 Å². The summed E-state index contributed by atoms with van der Waals surface area (Å²) in [6, 6.07) is 9.61. The number of hydrogen-bond acceptors (Lipinski definition) is 4. The Labute approximate surface area is 133 Å². The molecule has 1 heterocycles. The van der Waals surface area contributed by atoms with Crippen molar-refractivity contribution in [2.24, 2.45) is 5.73 Å². The van der Waals surface area contributed by atoms with Crippen LogP contribution in [0.1, 0.15) is 11.0 Å². The Balaban J connectivity index is 2.19. The summed E-state index contributed by atoms with van der Waals surface area (Å²) in [5, 5.41) is 0. The minimum Gasteiger partial charge on any atom is -0.497 e. The van der Waals surface area contributed by atoms with Gasteiger partial charge in [0.15, 0.2) is 0 Å². The molecule has 0 aliphatic carbocycles. The predicted molar refractivity (Wildman–Crippen MR) is 85.1 cm³/mol. The Hall–Kier alpha value is -0.560. The molecular weight excluding hydrogens is 394 g/mol. The average molecular weight is 407 g/mol. The molecule has 0 bridgehead atoms. The van der Waals surface area contributed by atoms with Gasteiger partial charge in [0, 0.05) is 11.4 Å². The number of ether oxygens (including phenoxy) is 2. The highest BCUT2D eigenvalue weighted by molar-refractivity contribution is 9.11. The normalized spacial score (nSPS) is 12.2. The van der Waals surface area contributed by atoms with E-state index in [1.165, 1.54) is 0 Å². The van der Waals surface area contributed by atoms with E-state index >= 15 is 0 Å². The van der Waals surface area contributed by atoms with Gasteiger partial charge in [-0.3, -0.25) is 0 Å². The first-order valence-electron chi connectivity index (χ1n) is 5.59. The van der Waals surface area contributed by atoms with E-state index in [0.29, 0.717) is 6.54 Å². The highest BCUT2D eigenvalue weighted by Crippen LogP contribution is 2.34. The van der Waals surface area contributed by atoms with E-state index < -0.39 is 0 Å². The van der Waals surface area contributed by atoms with Gasteiger partial charge >= 0.3 is 0 Å². The molecule has 0 aliphatic rings. The molecule has 1 unspecified atom stereocenters. The Morgan fingerprint density at radius 1 is 1.26 bits per heavy atom. The van der Waals surface area contributed by atoms with Gasteiger partial charge in [0.1, 0.15) is 17.6 Å². The molecule has 0 spiro atoms. The van der Waals surface area contributed by atoms with E-state index in [2.05, 4.69) is 31.9 Å². The fourth-order valence-electron chi connectivity index (χ4n) is 1.58. The number of methoxy groups -OCH3 is 1. The first-order chi connectivity index (χ1) is 9.13. The minimum atomic E-state index is -0.152. The third-order valence-corrected chi connectivity index (χ3v) is 4.87. The second kappa shape index (κ2) is 6.74. The van der Waals surface area contributed by atoms with E-state index in [1.807, 2.05) is 30.3 Å². The highest BCUT2D eigenvalue weighted by atomic mass is 79.9. The van der Waals surface area contributed by atoms with Crippen LogP contribution in [0.4, 0.5) is 0 Å². The fourth-order valence-corrected chi connectivity index (χ4v) is 3.50. The van der Waals surface area contributed by atoms with Gasteiger partial charge in [-0.1, -0.05) is 0 Å². The summed E-state index contributed by atoms with van der Waals surface area (Å²) in [5.41, 5.74) is 5.79. The summed E-state index contributed by atoms with van der Waals surface area (Å²) in [6.07, 6.45) is -0.152. The molecule has 0 amide bonds. The van der Waals surface area contributed by atoms with Crippen molar-refractivity contribution in [3.63, 3.8) is 0 Å². The van der Waals surface area contributed by atoms with Gasteiger partial charge in [0.25, 0.3) is 0 Å². The predicted octanol–water partition coefficient (Wildman–Crippen LogP) is 4.36. The van der Waals surface area contributed by atoms with Crippen LogP contribution in [0.15, 0.2) is 38.6 Å². The van der Waals surface area contributed by atoms with Gasteiger partial charge < -0.3 is 15.2 Å². The van der Waals surface area contributed by atoms with E-state index in [4.69, 9.17) is 15.2 Å². The SMILES string of the molecule is COc1ccc(OC(CN)c2ccc(Br)s2)c(Br)c1. The molecule has 3 nitrogen and oxygen atoms in total. The summed E-state index contributed by atoms with van der Waals surface area (Å²) >= 11 is 8.54. The second-order valence-corrected chi connectivity index (χ2v) is 7.13. The van der Waals surface area contributed by atoms with Gasteiger partial charge in [0.05, 0.1) is 15.4 Å². The molecule has 1 atom stereocenters. The molecule has 1 aromatic heterocycles. The first kappa shape index (κ1) is 14.8. The van der Waals surface area contributed by atoms with Crippen molar-refractivity contribution in [3.05, 3.63) is 43.5 Å².